The molecule has 0 aromatic heterocycles. The SMILES string of the molecule is [2H]c1c([2H])c([2H])c(C[C@]([2H])(NC(=O)C2([2H])C([2H])([2H])C([2H])([2H])C([2H])(C([2H])(C([2H])([2H])[2H])C([2H])([2H])[2H])C([2H])([2H])C2([2H])[2H])C(=O)O)c([2H])c1[2H]. The third-order valence-electron chi connectivity index (χ3n) is 2.53. The summed E-state index contributed by atoms with van der Waals surface area (Å²) in [4.78, 5) is 25.8. The van der Waals surface area contributed by atoms with Gasteiger partial charge in [-0.25, -0.2) is 4.79 Å². The second-order valence-electron chi connectivity index (χ2n) is 4.14. The van der Waals surface area contributed by atoms with Crippen LogP contribution in [0.1, 0.15) is 76.3 Å². The van der Waals surface area contributed by atoms with Crippen LogP contribution in [0.5, 0.6) is 0 Å². The zero-order valence-corrected chi connectivity index (χ0v) is 11.5. The highest BCUT2D eigenvalue weighted by atomic mass is 16.4. The molecule has 1 aromatic rings. The maximum Gasteiger partial charge on any atom is 0.326 e. The van der Waals surface area contributed by atoms with Crippen LogP contribution in [0.25, 0.3) is 0 Å². The highest BCUT2D eigenvalue weighted by Crippen LogP contribution is 2.33. The van der Waals surface area contributed by atoms with Crippen molar-refractivity contribution in [1.29, 1.82) is 0 Å². The summed E-state index contributed by atoms with van der Waals surface area (Å²) in [5.41, 5.74) is -0.914. The van der Waals surface area contributed by atoms with E-state index in [0.29, 0.717) is 0 Å². The molecule has 1 aliphatic rings. The van der Waals surface area contributed by atoms with E-state index >= 15 is 0 Å². The first-order valence-corrected chi connectivity index (χ1v) is 6.09. The molecule has 1 aliphatic carbocycles. The monoisotopic (exact) mass is 340 g/mol. The number of carbonyl (C=O) groups excluding carboxylic acids is 1. The number of carboxylic acids is 1. The van der Waals surface area contributed by atoms with Crippen molar-refractivity contribution in [2.45, 2.75) is 51.6 Å². The van der Waals surface area contributed by atoms with Gasteiger partial charge in [0.2, 0.25) is 5.91 Å². The van der Waals surface area contributed by atoms with Crippen molar-refractivity contribution in [3.63, 3.8) is 0 Å². The fourth-order valence-electron chi connectivity index (χ4n) is 1.46. The molecule has 1 aromatic carbocycles. The Morgan fingerprint density at radius 1 is 1.39 bits per heavy atom. The molecule has 1 atom stereocenters. The molecule has 4 heteroatoms. The number of hydrogen-bond donors (Lipinski definition) is 2. The van der Waals surface area contributed by atoms with Gasteiger partial charge in [0.05, 0.1) is 8.22 Å². The second-order valence-corrected chi connectivity index (χ2v) is 4.14. The van der Waals surface area contributed by atoms with E-state index < -0.39 is 117 Å². The van der Waals surface area contributed by atoms with Crippen molar-refractivity contribution >= 4 is 11.9 Å². The Labute approximate surface area is 170 Å². The minimum Gasteiger partial charge on any atom is -0.480 e. The van der Waals surface area contributed by atoms with Crippen LogP contribution in [-0.2, 0) is 16.0 Å². The fraction of sp³-hybridized carbons (Fsp3) is 0.579. The standard InChI is InChI=1S/C19H27NO3/c1-13(2)15-8-10-16(11-9-15)18(21)20-17(19(22)23)12-14-6-4-3-5-7-14/h3-7,13,15-17H,8-12H2,1-2H3,(H,20,21)(H,22,23)/t15?,16?,17-/m0/s1/i1D3,2D3,3D,4D,5D,6D,7D,8D2,9D2,10D2,11D2,13D,15D,16D,17D. The molecule has 2 N–H and O–H groups in total. The predicted octanol–water partition coefficient (Wildman–Crippen LogP) is 3.26. The van der Waals surface area contributed by atoms with Gasteiger partial charge in [-0.15, -0.1) is 0 Å². The molecule has 1 amide bonds. The summed E-state index contributed by atoms with van der Waals surface area (Å²) < 4.78 is 186. The first kappa shape index (κ1) is 4.22. The van der Waals surface area contributed by atoms with Crippen LogP contribution in [0.2, 0.25) is 0 Å². The van der Waals surface area contributed by atoms with Gasteiger partial charge >= 0.3 is 5.97 Å². The number of amides is 1. The average Bonchev–Trinajstić information content (AvgIpc) is 2.88. The molecule has 23 heavy (non-hydrogen) atoms. The van der Waals surface area contributed by atoms with Crippen molar-refractivity contribution in [3.05, 3.63) is 35.8 Å². The number of rotatable bonds is 6. The summed E-state index contributed by atoms with van der Waals surface area (Å²) in [6, 6.07) is -8.75. The normalized spacial score (nSPS) is 55.2. The third kappa shape index (κ3) is 5.08. The van der Waals surface area contributed by atoms with E-state index in [1.54, 1.807) is 0 Å². The van der Waals surface area contributed by atoms with Crippen molar-refractivity contribution in [2.75, 3.05) is 0 Å². The molecule has 0 spiro atoms. The smallest absolute Gasteiger partial charge is 0.326 e. The van der Waals surface area contributed by atoms with Crippen LogP contribution in [0.3, 0.4) is 0 Å². The molecule has 0 saturated heterocycles. The largest absolute Gasteiger partial charge is 0.480 e. The Balaban J connectivity index is 2.95. The minimum atomic E-state index is -4.83. The Hall–Kier alpha value is -1.84. The van der Waals surface area contributed by atoms with Crippen LogP contribution in [0, 0.1) is 17.7 Å². The average molecular weight is 341 g/mol. The second kappa shape index (κ2) is 8.14. The van der Waals surface area contributed by atoms with E-state index in [2.05, 4.69) is 0 Å². The summed E-state index contributed by atoms with van der Waals surface area (Å²) >= 11 is 0. The van der Waals surface area contributed by atoms with Crippen molar-refractivity contribution < 1.29 is 46.2 Å². The predicted molar refractivity (Wildman–Crippen MR) is 90.0 cm³/mol. The Morgan fingerprint density at radius 2 is 2.04 bits per heavy atom. The molecule has 0 unspecified atom stereocenters. The minimum absolute atomic E-state index is 0.914. The van der Waals surface area contributed by atoms with Gasteiger partial charge in [0, 0.05) is 35.6 Å². The number of benzene rings is 1. The molecule has 4 nitrogen and oxygen atoms in total. The number of aliphatic carboxylic acids is 1. The number of nitrogens with one attached hydrogen (secondary N) is 1. The molecule has 1 fully saturated rings. The van der Waals surface area contributed by atoms with Crippen LogP contribution in [0.4, 0.5) is 0 Å². The van der Waals surface area contributed by atoms with Crippen molar-refractivity contribution in [2.24, 2.45) is 17.7 Å². The van der Waals surface area contributed by atoms with Gasteiger partial charge in [-0.2, -0.15) is 0 Å². The number of carbonyl (C=O) groups is 2. The fourth-order valence-corrected chi connectivity index (χ4v) is 1.46. The van der Waals surface area contributed by atoms with Crippen molar-refractivity contribution in [1.82, 2.24) is 5.32 Å². The first-order chi connectivity index (χ1) is 20.0. The van der Waals surface area contributed by atoms with Gasteiger partial charge in [-0.3, -0.25) is 4.79 Å². The van der Waals surface area contributed by atoms with Crippen LogP contribution < -0.4 is 5.32 Å². The maximum atomic E-state index is 13.6. The third-order valence-corrected chi connectivity index (χ3v) is 2.53. The molecule has 126 valence electrons. The lowest BCUT2D eigenvalue weighted by Crippen LogP contribution is -2.45. The molecule has 1 saturated carbocycles. The van der Waals surface area contributed by atoms with Gasteiger partial charge in [-0.05, 0) is 42.8 Å². The van der Waals surface area contributed by atoms with E-state index in [1.807, 2.05) is 0 Å². The van der Waals surface area contributed by atoms with Gasteiger partial charge in [0.15, 0.2) is 0 Å². The maximum absolute atomic E-state index is 13.6. The summed E-state index contributed by atoms with van der Waals surface area (Å²) in [6.07, 6.45) is -20.5. The molecule has 0 bridgehead atoms. The molecule has 2 rings (SSSR count). The summed E-state index contributed by atoms with van der Waals surface area (Å²) in [5, 5.41) is 11.0. The lowest BCUT2D eigenvalue weighted by molar-refractivity contribution is -0.142. The van der Waals surface area contributed by atoms with E-state index in [4.69, 9.17) is 31.5 Å². The van der Waals surface area contributed by atoms with E-state index in [9.17, 15) is 14.7 Å². The molecule has 0 heterocycles. The lowest BCUT2D eigenvalue weighted by Gasteiger charge is -2.30. The summed E-state index contributed by atoms with van der Waals surface area (Å²) in [6.45, 7) is -8.75. The Kier molecular flexibility index (Phi) is 1.49. The quantitative estimate of drug-likeness (QED) is 0.835. The Morgan fingerprint density at radius 3 is 2.61 bits per heavy atom. The van der Waals surface area contributed by atoms with Crippen LogP contribution in [0.15, 0.2) is 30.2 Å². The van der Waals surface area contributed by atoms with E-state index in [-0.39, 0.29) is 0 Å². The molecular formula is C19H27NO3. The first-order valence-electron chi connectivity index (χ1n) is 17.6. The zero-order chi connectivity index (χ0) is 37.0. The van der Waals surface area contributed by atoms with Gasteiger partial charge in [-0.1, -0.05) is 43.9 Å². The highest BCUT2D eigenvalue weighted by Gasteiger charge is 2.30. The molecular weight excluding hydrogens is 290 g/mol. The van der Waals surface area contributed by atoms with Crippen molar-refractivity contribution in [3.8, 4) is 0 Å². The van der Waals surface area contributed by atoms with Gasteiger partial charge in [0.25, 0.3) is 0 Å². The van der Waals surface area contributed by atoms with Gasteiger partial charge < -0.3 is 10.4 Å². The number of hydrogen-bond acceptors (Lipinski definition) is 2. The van der Waals surface area contributed by atoms with Crippen LogP contribution in [-0.4, -0.2) is 23.0 Å². The van der Waals surface area contributed by atoms with E-state index in [1.165, 1.54) is 5.32 Å². The Bertz CT molecular complexity index is 1380. The summed E-state index contributed by atoms with van der Waals surface area (Å²) in [5.74, 6) is -19.2. The zero-order valence-electron chi connectivity index (χ0n) is 34.5. The molecule has 0 radical (unpaired) electrons. The summed E-state index contributed by atoms with van der Waals surface area (Å²) in [7, 11) is 0. The topological polar surface area (TPSA) is 66.4 Å². The molecule has 0 aliphatic heterocycles. The van der Waals surface area contributed by atoms with Crippen LogP contribution >= 0.6 is 0 Å². The van der Waals surface area contributed by atoms with E-state index in [0.717, 1.165) is 0 Å². The highest BCUT2D eigenvalue weighted by molar-refractivity contribution is 5.85. The van der Waals surface area contributed by atoms with Gasteiger partial charge in [0.1, 0.15) is 6.02 Å². The number of carboxylic acid groups (broad SMARTS) is 1. The lowest BCUT2D eigenvalue weighted by atomic mass is 9.76.